The van der Waals surface area contributed by atoms with E-state index in [2.05, 4.69) is 18.2 Å². The van der Waals surface area contributed by atoms with Crippen LogP contribution in [0.5, 0.6) is 11.5 Å². The minimum atomic E-state index is 0.250. The molecule has 0 spiro atoms. The summed E-state index contributed by atoms with van der Waals surface area (Å²) in [6.07, 6.45) is 2.29. The SMILES string of the molecule is COc1ccccc1CCC(=O)N1CC[NH+](Cc2ccc3c(c2)CCO3)CC1. The molecule has 0 bridgehead atoms. The van der Waals surface area contributed by atoms with Crippen molar-refractivity contribution >= 4 is 5.91 Å². The first-order chi connectivity index (χ1) is 13.7. The predicted octanol–water partition coefficient (Wildman–Crippen LogP) is 1.49. The third-order valence-corrected chi connectivity index (χ3v) is 5.83. The zero-order chi connectivity index (χ0) is 19.3. The zero-order valence-corrected chi connectivity index (χ0v) is 16.6. The van der Waals surface area contributed by atoms with Gasteiger partial charge in [0.15, 0.2) is 0 Å². The second kappa shape index (κ2) is 8.65. The highest BCUT2D eigenvalue weighted by molar-refractivity contribution is 5.76. The molecule has 4 rings (SSSR count). The summed E-state index contributed by atoms with van der Waals surface area (Å²) < 4.78 is 11.0. The quantitative estimate of drug-likeness (QED) is 0.825. The third-order valence-electron chi connectivity index (χ3n) is 5.83. The minimum absolute atomic E-state index is 0.250. The molecular weight excluding hydrogens is 352 g/mol. The van der Waals surface area contributed by atoms with Gasteiger partial charge < -0.3 is 19.3 Å². The number of hydrogen-bond acceptors (Lipinski definition) is 3. The second-order valence-electron chi connectivity index (χ2n) is 7.66. The summed E-state index contributed by atoms with van der Waals surface area (Å²) in [6.45, 7) is 5.53. The molecule has 2 aliphatic heterocycles. The van der Waals surface area contributed by atoms with Crippen molar-refractivity contribution in [1.82, 2.24) is 4.90 Å². The molecule has 2 aliphatic rings. The number of nitrogens with zero attached hydrogens (tertiary/aromatic N) is 1. The van der Waals surface area contributed by atoms with Crippen LogP contribution in [0.1, 0.15) is 23.1 Å². The van der Waals surface area contributed by atoms with Gasteiger partial charge in [0.1, 0.15) is 18.0 Å². The van der Waals surface area contributed by atoms with Gasteiger partial charge in [0.25, 0.3) is 0 Å². The molecule has 0 saturated carbocycles. The van der Waals surface area contributed by atoms with Gasteiger partial charge >= 0.3 is 0 Å². The van der Waals surface area contributed by atoms with Crippen LogP contribution in [0.2, 0.25) is 0 Å². The molecule has 148 valence electrons. The Kier molecular flexibility index (Phi) is 5.81. The number of piperazine rings is 1. The topological polar surface area (TPSA) is 43.2 Å². The third kappa shape index (κ3) is 4.30. The Morgan fingerprint density at radius 1 is 1.18 bits per heavy atom. The Bertz CT molecular complexity index is 828. The largest absolute Gasteiger partial charge is 0.496 e. The molecule has 0 aromatic heterocycles. The molecule has 1 saturated heterocycles. The minimum Gasteiger partial charge on any atom is -0.496 e. The lowest BCUT2D eigenvalue weighted by atomic mass is 10.1. The van der Waals surface area contributed by atoms with E-state index in [0.29, 0.717) is 6.42 Å². The number of methoxy groups -OCH3 is 1. The fourth-order valence-corrected chi connectivity index (χ4v) is 4.20. The van der Waals surface area contributed by atoms with E-state index in [0.717, 1.165) is 69.2 Å². The molecule has 28 heavy (non-hydrogen) atoms. The highest BCUT2D eigenvalue weighted by atomic mass is 16.5. The van der Waals surface area contributed by atoms with Crippen LogP contribution in [0.25, 0.3) is 0 Å². The lowest BCUT2D eigenvalue weighted by molar-refractivity contribution is -0.917. The van der Waals surface area contributed by atoms with E-state index in [1.165, 1.54) is 11.1 Å². The van der Waals surface area contributed by atoms with Gasteiger partial charge in [-0.05, 0) is 41.8 Å². The van der Waals surface area contributed by atoms with Crippen molar-refractivity contribution < 1.29 is 19.2 Å². The summed E-state index contributed by atoms with van der Waals surface area (Å²) in [6, 6.07) is 14.5. The number of fused-ring (bicyclic) bond motifs is 1. The van der Waals surface area contributed by atoms with E-state index in [1.54, 1.807) is 12.0 Å². The van der Waals surface area contributed by atoms with Gasteiger partial charge in [-0.1, -0.05) is 18.2 Å². The van der Waals surface area contributed by atoms with Crippen molar-refractivity contribution in [3.63, 3.8) is 0 Å². The molecule has 5 heteroatoms. The van der Waals surface area contributed by atoms with Gasteiger partial charge in [-0.25, -0.2) is 0 Å². The predicted molar refractivity (Wildman–Crippen MR) is 108 cm³/mol. The molecule has 1 amide bonds. The molecular formula is C23H29N2O3+. The van der Waals surface area contributed by atoms with Gasteiger partial charge in [0, 0.05) is 18.4 Å². The standard InChI is InChI=1S/C23H28N2O3/c1-27-21-5-3-2-4-19(21)7-9-23(26)25-13-11-24(12-14-25)17-18-6-8-22-20(16-18)10-15-28-22/h2-6,8,16H,7,9-15,17H2,1H3/p+1. The summed E-state index contributed by atoms with van der Waals surface area (Å²) in [5.74, 6) is 2.16. The summed E-state index contributed by atoms with van der Waals surface area (Å²) in [5.41, 5.74) is 3.81. The zero-order valence-electron chi connectivity index (χ0n) is 16.6. The highest BCUT2D eigenvalue weighted by Crippen LogP contribution is 2.25. The number of carbonyl (C=O) groups is 1. The molecule has 0 unspecified atom stereocenters. The maximum Gasteiger partial charge on any atom is 0.223 e. The number of nitrogens with one attached hydrogen (secondary N) is 1. The Hall–Kier alpha value is -2.53. The second-order valence-corrected chi connectivity index (χ2v) is 7.66. The van der Waals surface area contributed by atoms with Crippen LogP contribution in [0.3, 0.4) is 0 Å². The number of benzene rings is 2. The first kappa shape index (κ1) is 18.8. The van der Waals surface area contributed by atoms with Crippen molar-refractivity contribution in [1.29, 1.82) is 0 Å². The normalized spacial score (nSPS) is 16.5. The number of quaternary nitrogens is 1. The van der Waals surface area contributed by atoms with Crippen LogP contribution in [-0.2, 0) is 24.2 Å². The van der Waals surface area contributed by atoms with E-state index >= 15 is 0 Å². The summed E-state index contributed by atoms with van der Waals surface area (Å²) in [5, 5.41) is 0. The summed E-state index contributed by atoms with van der Waals surface area (Å²) in [7, 11) is 1.68. The van der Waals surface area contributed by atoms with Gasteiger partial charge in [0.2, 0.25) is 5.91 Å². The average molecular weight is 381 g/mol. The molecule has 0 aliphatic carbocycles. The molecule has 2 aromatic rings. The lowest BCUT2D eigenvalue weighted by Gasteiger charge is -2.32. The molecule has 1 fully saturated rings. The van der Waals surface area contributed by atoms with Gasteiger partial charge in [0.05, 0.1) is 39.9 Å². The number of para-hydroxylation sites is 1. The Labute approximate surface area is 166 Å². The van der Waals surface area contributed by atoms with E-state index in [9.17, 15) is 4.79 Å². The van der Waals surface area contributed by atoms with Crippen molar-refractivity contribution in [3.05, 3.63) is 59.2 Å². The maximum absolute atomic E-state index is 12.6. The fourth-order valence-electron chi connectivity index (χ4n) is 4.20. The first-order valence-corrected chi connectivity index (χ1v) is 10.2. The average Bonchev–Trinajstić information content (AvgIpc) is 3.20. The molecule has 2 heterocycles. The van der Waals surface area contributed by atoms with Crippen molar-refractivity contribution in [2.45, 2.75) is 25.8 Å². The Morgan fingerprint density at radius 3 is 2.82 bits per heavy atom. The fraction of sp³-hybridized carbons (Fsp3) is 0.435. The monoisotopic (exact) mass is 381 g/mol. The number of rotatable bonds is 6. The molecule has 0 atom stereocenters. The van der Waals surface area contributed by atoms with E-state index in [-0.39, 0.29) is 5.91 Å². The maximum atomic E-state index is 12.6. The van der Waals surface area contributed by atoms with E-state index in [1.807, 2.05) is 29.2 Å². The number of amides is 1. The lowest BCUT2D eigenvalue weighted by Crippen LogP contribution is -3.13. The van der Waals surface area contributed by atoms with E-state index < -0.39 is 0 Å². The van der Waals surface area contributed by atoms with Crippen molar-refractivity contribution in [2.24, 2.45) is 0 Å². The van der Waals surface area contributed by atoms with Crippen LogP contribution in [0.4, 0.5) is 0 Å². The Balaban J connectivity index is 1.25. The van der Waals surface area contributed by atoms with Crippen LogP contribution in [-0.4, -0.2) is 50.7 Å². The van der Waals surface area contributed by atoms with Gasteiger partial charge in [-0.3, -0.25) is 4.79 Å². The first-order valence-electron chi connectivity index (χ1n) is 10.2. The van der Waals surface area contributed by atoms with Crippen LogP contribution in [0, 0.1) is 0 Å². The molecule has 2 aromatic carbocycles. The van der Waals surface area contributed by atoms with Crippen LogP contribution in [0.15, 0.2) is 42.5 Å². The summed E-state index contributed by atoms with van der Waals surface area (Å²) in [4.78, 5) is 16.2. The highest BCUT2D eigenvalue weighted by Gasteiger charge is 2.24. The van der Waals surface area contributed by atoms with Crippen LogP contribution < -0.4 is 14.4 Å². The van der Waals surface area contributed by atoms with E-state index in [4.69, 9.17) is 9.47 Å². The Morgan fingerprint density at radius 2 is 2.00 bits per heavy atom. The van der Waals surface area contributed by atoms with Crippen LogP contribution >= 0.6 is 0 Å². The van der Waals surface area contributed by atoms with Gasteiger partial charge in [-0.15, -0.1) is 0 Å². The number of ether oxygens (including phenoxy) is 2. The molecule has 5 nitrogen and oxygen atoms in total. The molecule has 0 radical (unpaired) electrons. The smallest absolute Gasteiger partial charge is 0.223 e. The summed E-state index contributed by atoms with van der Waals surface area (Å²) >= 11 is 0. The number of aryl methyl sites for hydroxylation is 1. The van der Waals surface area contributed by atoms with Crippen molar-refractivity contribution in [2.75, 3.05) is 39.9 Å². The number of carbonyl (C=O) groups excluding carboxylic acids is 1. The van der Waals surface area contributed by atoms with Gasteiger partial charge in [-0.2, -0.15) is 0 Å². The molecule has 1 N–H and O–H groups in total. The number of hydrogen-bond donors (Lipinski definition) is 1. The van der Waals surface area contributed by atoms with Crippen molar-refractivity contribution in [3.8, 4) is 11.5 Å².